The highest BCUT2D eigenvalue weighted by atomic mass is 16.2. The number of carbonyl (C=O) groups is 1. The van der Waals surface area contributed by atoms with Gasteiger partial charge in [-0.3, -0.25) is 4.79 Å². The Labute approximate surface area is 169 Å². The van der Waals surface area contributed by atoms with Gasteiger partial charge in [-0.2, -0.15) is 0 Å². The Morgan fingerprint density at radius 3 is 2.38 bits per heavy atom. The number of anilines is 2. The standard InChI is InChI=1S/C21H23N7O/c1-26(16-17-6-3-2-4-7-17)21-24-11-8-18(25-21)19(29)27-12-14-28(15-13-27)20-22-9-5-10-23-20/h2-11H,12-16H2,1H3. The molecule has 3 heterocycles. The van der Waals surface area contributed by atoms with Crippen molar-refractivity contribution in [3.05, 3.63) is 72.3 Å². The molecule has 1 aliphatic rings. The Morgan fingerprint density at radius 2 is 1.66 bits per heavy atom. The van der Waals surface area contributed by atoms with Crippen LogP contribution < -0.4 is 9.80 Å². The molecule has 0 unspecified atom stereocenters. The molecule has 0 spiro atoms. The molecule has 0 N–H and O–H groups in total. The summed E-state index contributed by atoms with van der Waals surface area (Å²) in [5.74, 6) is 1.16. The van der Waals surface area contributed by atoms with Gasteiger partial charge < -0.3 is 14.7 Å². The molecular weight excluding hydrogens is 366 g/mol. The highest BCUT2D eigenvalue weighted by Gasteiger charge is 2.24. The topological polar surface area (TPSA) is 78.4 Å². The van der Waals surface area contributed by atoms with E-state index in [9.17, 15) is 4.79 Å². The second-order valence-electron chi connectivity index (χ2n) is 6.91. The number of amides is 1. The van der Waals surface area contributed by atoms with Gasteiger partial charge in [0.1, 0.15) is 5.69 Å². The molecule has 0 aliphatic carbocycles. The van der Waals surface area contributed by atoms with E-state index in [-0.39, 0.29) is 5.91 Å². The molecule has 2 aromatic heterocycles. The molecule has 29 heavy (non-hydrogen) atoms. The fourth-order valence-electron chi connectivity index (χ4n) is 3.31. The predicted molar refractivity (Wildman–Crippen MR) is 111 cm³/mol. The Kier molecular flexibility index (Phi) is 5.60. The molecule has 1 amide bonds. The maximum absolute atomic E-state index is 12.9. The average Bonchev–Trinajstić information content (AvgIpc) is 2.80. The molecule has 1 aromatic carbocycles. The van der Waals surface area contributed by atoms with E-state index in [0.29, 0.717) is 50.3 Å². The van der Waals surface area contributed by atoms with Gasteiger partial charge in [0.2, 0.25) is 11.9 Å². The molecule has 0 bridgehead atoms. The van der Waals surface area contributed by atoms with E-state index in [1.165, 1.54) is 0 Å². The summed E-state index contributed by atoms with van der Waals surface area (Å²) in [6.45, 7) is 3.28. The molecule has 4 rings (SSSR count). The summed E-state index contributed by atoms with van der Waals surface area (Å²) >= 11 is 0. The van der Waals surface area contributed by atoms with Gasteiger partial charge in [0.05, 0.1) is 0 Å². The zero-order chi connectivity index (χ0) is 20.1. The van der Waals surface area contributed by atoms with Crippen LogP contribution in [0.1, 0.15) is 16.1 Å². The third-order valence-corrected chi connectivity index (χ3v) is 4.87. The van der Waals surface area contributed by atoms with Crippen molar-refractivity contribution in [1.29, 1.82) is 0 Å². The van der Waals surface area contributed by atoms with Crippen LogP contribution in [0.5, 0.6) is 0 Å². The second kappa shape index (κ2) is 8.64. The minimum absolute atomic E-state index is 0.0737. The maximum Gasteiger partial charge on any atom is 0.272 e. The smallest absolute Gasteiger partial charge is 0.272 e. The van der Waals surface area contributed by atoms with E-state index >= 15 is 0 Å². The third kappa shape index (κ3) is 4.48. The van der Waals surface area contributed by atoms with Crippen molar-refractivity contribution in [3.63, 3.8) is 0 Å². The van der Waals surface area contributed by atoms with Crippen LogP contribution in [0.25, 0.3) is 0 Å². The number of benzene rings is 1. The largest absolute Gasteiger partial charge is 0.340 e. The fourth-order valence-corrected chi connectivity index (χ4v) is 3.31. The summed E-state index contributed by atoms with van der Waals surface area (Å²) in [6, 6.07) is 13.6. The van der Waals surface area contributed by atoms with E-state index in [4.69, 9.17) is 0 Å². The summed E-state index contributed by atoms with van der Waals surface area (Å²) in [4.78, 5) is 36.2. The lowest BCUT2D eigenvalue weighted by Gasteiger charge is -2.34. The van der Waals surface area contributed by atoms with E-state index in [0.717, 1.165) is 5.56 Å². The summed E-state index contributed by atoms with van der Waals surface area (Å²) < 4.78 is 0. The van der Waals surface area contributed by atoms with Crippen LogP contribution in [0, 0.1) is 0 Å². The van der Waals surface area contributed by atoms with E-state index in [2.05, 4.69) is 37.0 Å². The lowest BCUT2D eigenvalue weighted by atomic mass is 10.2. The van der Waals surface area contributed by atoms with E-state index in [1.807, 2.05) is 35.0 Å². The minimum Gasteiger partial charge on any atom is -0.340 e. The Hall–Kier alpha value is -3.55. The van der Waals surface area contributed by atoms with Crippen LogP contribution in [0.2, 0.25) is 0 Å². The quantitative estimate of drug-likeness (QED) is 0.659. The van der Waals surface area contributed by atoms with Crippen molar-refractivity contribution in [2.75, 3.05) is 43.0 Å². The van der Waals surface area contributed by atoms with Crippen LogP contribution in [0.4, 0.5) is 11.9 Å². The highest BCUT2D eigenvalue weighted by molar-refractivity contribution is 5.92. The number of nitrogens with zero attached hydrogens (tertiary/aromatic N) is 7. The lowest BCUT2D eigenvalue weighted by Crippen LogP contribution is -2.49. The molecule has 0 atom stereocenters. The molecule has 148 valence electrons. The summed E-state index contributed by atoms with van der Waals surface area (Å²) in [5.41, 5.74) is 1.58. The SMILES string of the molecule is CN(Cc1ccccc1)c1nccc(C(=O)N2CCN(c3ncccn3)CC2)n1. The molecule has 1 saturated heterocycles. The van der Waals surface area contributed by atoms with Gasteiger partial charge in [0.15, 0.2) is 0 Å². The zero-order valence-corrected chi connectivity index (χ0v) is 16.3. The first-order valence-electron chi connectivity index (χ1n) is 9.60. The summed E-state index contributed by atoms with van der Waals surface area (Å²) in [6.07, 6.45) is 5.10. The number of piperazine rings is 1. The van der Waals surface area contributed by atoms with Gasteiger partial charge in [-0.15, -0.1) is 0 Å². The van der Waals surface area contributed by atoms with Crippen LogP contribution >= 0.6 is 0 Å². The van der Waals surface area contributed by atoms with E-state index < -0.39 is 0 Å². The zero-order valence-electron chi connectivity index (χ0n) is 16.3. The highest BCUT2D eigenvalue weighted by Crippen LogP contribution is 2.14. The van der Waals surface area contributed by atoms with Crippen LogP contribution in [0.15, 0.2) is 61.1 Å². The number of rotatable bonds is 5. The van der Waals surface area contributed by atoms with Crippen molar-refractivity contribution in [2.45, 2.75) is 6.54 Å². The Bertz CT molecular complexity index is 944. The normalized spacial score (nSPS) is 14.0. The monoisotopic (exact) mass is 389 g/mol. The maximum atomic E-state index is 12.9. The molecule has 3 aromatic rings. The predicted octanol–water partition coefficient (Wildman–Crippen LogP) is 1.87. The number of carbonyl (C=O) groups excluding carboxylic acids is 1. The molecule has 8 nitrogen and oxygen atoms in total. The van der Waals surface area contributed by atoms with Gasteiger partial charge in [-0.1, -0.05) is 30.3 Å². The summed E-state index contributed by atoms with van der Waals surface area (Å²) in [5, 5.41) is 0. The van der Waals surface area contributed by atoms with Gasteiger partial charge in [-0.25, -0.2) is 19.9 Å². The third-order valence-electron chi connectivity index (χ3n) is 4.87. The number of hydrogen-bond donors (Lipinski definition) is 0. The second-order valence-corrected chi connectivity index (χ2v) is 6.91. The molecule has 8 heteroatoms. The number of aromatic nitrogens is 4. The van der Waals surface area contributed by atoms with Gasteiger partial charge in [0.25, 0.3) is 5.91 Å². The molecule has 0 radical (unpaired) electrons. The van der Waals surface area contributed by atoms with Gasteiger partial charge in [0, 0.05) is 58.4 Å². The average molecular weight is 389 g/mol. The van der Waals surface area contributed by atoms with Crippen LogP contribution in [0.3, 0.4) is 0 Å². The van der Waals surface area contributed by atoms with Crippen molar-refractivity contribution < 1.29 is 4.79 Å². The van der Waals surface area contributed by atoms with Crippen molar-refractivity contribution in [2.24, 2.45) is 0 Å². The Balaban J connectivity index is 1.40. The van der Waals surface area contributed by atoms with Crippen molar-refractivity contribution >= 4 is 17.8 Å². The lowest BCUT2D eigenvalue weighted by molar-refractivity contribution is 0.0740. The Morgan fingerprint density at radius 1 is 0.931 bits per heavy atom. The fraction of sp³-hybridized carbons (Fsp3) is 0.286. The molecular formula is C21H23N7O. The first-order valence-corrected chi connectivity index (χ1v) is 9.60. The molecule has 1 aliphatic heterocycles. The van der Waals surface area contributed by atoms with Gasteiger partial charge in [-0.05, 0) is 17.7 Å². The van der Waals surface area contributed by atoms with Crippen molar-refractivity contribution in [1.82, 2.24) is 24.8 Å². The minimum atomic E-state index is -0.0737. The molecule has 0 saturated carbocycles. The number of hydrogen-bond acceptors (Lipinski definition) is 7. The van der Waals surface area contributed by atoms with Gasteiger partial charge >= 0.3 is 0 Å². The van der Waals surface area contributed by atoms with E-state index in [1.54, 1.807) is 30.7 Å². The van der Waals surface area contributed by atoms with Crippen LogP contribution in [-0.2, 0) is 6.54 Å². The first kappa shape index (κ1) is 18.8. The first-order chi connectivity index (χ1) is 14.2. The van der Waals surface area contributed by atoms with Crippen LogP contribution in [-0.4, -0.2) is 64.0 Å². The van der Waals surface area contributed by atoms with Crippen molar-refractivity contribution in [3.8, 4) is 0 Å². The summed E-state index contributed by atoms with van der Waals surface area (Å²) in [7, 11) is 1.93. The molecule has 1 fully saturated rings.